The molecule has 0 bridgehead atoms. The maximum Gasteiger partial charge on any atom is 0.272 e. The zero-order chi connectivity index (χ0) is 44.9. The maximum absolute atomic E-state index is 12.9. The fourth-order valence-electron chi connectivity index (χ4n) is 10.2. The lowest BCUT2D eigenvalue weighted by molar-refractivity contribution is 0.0456. The smallest absolute Gasteiger partial charge is 0.272 e. The van der Waals surface area contributed by atoms with Crippen molar-refractivity contribution in [2.24, 2.45) is 17.8 Å². The molecule has 8 heteroatoms. The molecule has 0 spiro atoms. The van der Waals surface area contributed by atoms with Crippen molar-refractivity contribution < 1.29 is 13.2 Å². The summed E-state index contributed by atoms with van der Waals surface area (Å²) in [5.41, 5.74) is 0.661. The number of methoxy groups -OCH3 is 1. The minimum absolute atomic E-state index is 0.0576. The van der Waals surface area contributed by atoms with Crippen LogP contribution in [0.1, 0.15) is 271 Å². The Labute approximate surface area is 390 Å². The number of aromatic nitrogens is 4. The zero-order valence-corrected chi connectivity index (χ0v) is 42.4. The van der Waals surface area contributed by atoms with E-state index in [-0.39, 0.29) is 10.9 Å². The Morgan fingerprint density at radius 2 is 0.952 bits per heavy atom. The van der Waals surface area contributed by atoms with Gasteiger partial charge in [-0.3, -0.25) is 0 Å². The molecule has 364 valence electrons. The van der Waals surface area contributed by atoms with Gasteiger partial charge in [-0.05, 0) is 66.0 Å². The molecule has 1 aromatic heterocycles. The van der Waals surface area contributed by atoms with Gasteiger partial charge in [0.2, 0.25) is 9.84 Å². The Morgan fingerprint density at radius 3 is 1.40 bits per heavy atom. The summed E-state index contributed by atoms with van der Waals surface area (Å²) in [5, 5.41) is 11.3. The highest BCUT2D eigenvalue weighted by Crippen LogP contribution is 2.45. The highest BCUT2D eigenvalue weighted by Gasteiger charge is 2.35. The predicted molar refractivity (Wildman–Crippen MR) is 269 cm³/mol. The molecule has 0 saturated heterocycles. The number of hydrogen-bond donors (Lipinski definition) is 0. The quantitative estimate of drug-likeness (QED) is 0.0615. The van der Waals surface area contributed by atoms with Crippen LogP contribution < -0.4 is 0 Å². The number of hydrogen-bond acceptors (Lipinski definition) is 6. The standard InChI is InChI=1S/C55H100N4O3S/c1-4-5-6-7-8-9-10-11-12-13-16-19-22-25-29-35-42-50(2)54(62-3)47-40-32-27-24-21-18-15-14-17-20-23-26-30-36-43-51-49-52(51)44-37-31-28-33-41-48-63(60,61)55-56-57-58-59(55)53-45-38-34-39-46-53/h34,38-39,45-46,50-52,54H,4-33,35-37,40-44,47-49H2,1-3H3/t50-,51-,52+,54-/m0/s1. The third kappa shape index (κ3) is 27.4. The summed E-state index contributed by atoms with van der Waals surface area (Å²) >= 11 is 0. The normalized spacial score (nSPS) is 16.2. The molecule has 0 radical (unpaired) electrons. The van der Waals surface area contributed by atoms with Gasteiger partial charge in [0.05, 0.1) is 17.5 Å². The SMILES string of the molecule is CCCCCCCCCCCCCCCCCC[C@H](C)[C@H](CCCCCCCCCCCCCCCC[C@H]1C[C@H]1CCCCCCCS(=O)(=O)c1nnnn1-c1ccccc1)OC. The summed E-state index contributed by atoms with van der Waals surface area (Å²) in [6.45, 7) is 4.74. The Hall–Kier alpha value is -1.80. The van der Waals surface area contributed by atoms with E-state index in [1.54, 1.807) is 0 Å². The van der Waals surface area contributed by atoms with Crippen molar-refractivity contribution >= 4 is 9.84 Å². The molecule has 2 aromatic rings. The molecule has 1 saturated carbocycles. The summed E-state index contributed by atoms with van der Waals surface area (Å²) in [7, 11) is -1.57. The first-order valence-corrected chi connectivity index (χ1v) is 29.2. The van der Waals surface area contributed by atoms with Gasteiger partial charge in [-0.1, -0.05) is 268 Å². The van der Waals surface area contributed by atoms with Gasteiger partial charge in [-0.25, -0.2) is 8.42 Å². The van der Waals surface area contributed by atoms with Crippen molar-refractivity contribution in [1.29, 1.82) is 0 Å². The van der Waals surface area contributed by atoms with Crippen molar-refractivity contribution in [3.8, 4) is 5.69 Å². The lowest BCUT2D eigenvalue weighted by atomic mass is 9.93. The largest absolute Gasteiger partial charge is 0.381 e. The molecule has 1 aliphatic rings. The van der Waals surface area contributed by atoms with E-state index in [1.165, 1.54) is 242 Å². The van der Waals surface area contributed by atoms with Gasteiger partial charge in [0.1, 0.15) is 0 Å². The Bertz CT molecular complexity index is 1420. The maximum atomic E-state index is 12.9. The second-order valence-electron chi connectivity index (χ2n) is 20.2. The van der Waals surface area contributed by atoms with E-state index in [4.69, 9.17) is 4.74 Å². The molecule has 3 rings (SSSR count). The van der Waals surface area contributed by atoms with Gasteiger partial charge in [0.15, 0.2) is 0 Å². The lowest BCUT2D eigenvalue weighted by Gasteiger charge is -2.22. The second kappa shape index (κ2) is 37.3. The monoisotopic (exact) mass is 897 g/mol. The van der Waals surface area contributed by atoms with Crippen LogP contribution in [0.25, 0.3) is 5.69 Å². The van der Waals surface area contributed by atoms with Crippen LogP contribution >= 0.6 is 0 Å². The number of para-hydroxylation sites is 1. The van der Waals surface area contributed by atoms with Crippen LogP contribution in [-0.2, 0) is 14.6 Å². The molecule has 0 unspecified atom stereocenters. The molecule has 1 fully saturated rings. The van der Waals surface area contributed by atoms with Crippen LogP contribution in [0.5, 0.6) is 0 Å². The Balaban J connectivity index is 0.984. The van der Waals surface area contributed by atoms with Gasteiger partial charge in [-0.15, -0.1) is 0 Å². The molecule has 0 N–H and O–H groups in total. The average Bonchev–Trinajstić information content (AvgIpc) is 3.83. The van der Waals surface area contributed by atoms with Crippen LogP contribution in [0.15, 0.2) is 35.5 Å². The van der Waals surface area contributed by atoms with Crippen LogP contribution in [0.2, 0.25) is 0 Å². The molecular weight excluding hydrogens is 797 g/mol. The van der Waals surface area contributed by atoms with Crippen molar-refractivity contribution in [1.82, 2.24) is 20.2 Å². The zero-order valence-electron chi connectivity index (χ0n) is 41.6. The molecule has 1 aromatic carbocycles. The average molecular weight is 897 g/mol. The second-order valence-corrected chi connectivity index (χ2v) is 22.2. The van der Waals surface area contributed by atoms with Gasteiger partial charge >= 0.3 is 0 Å². The van der Waals surface area contributed by atoms with Crippen molar-refractivity contribution in [2.45, 2.75) is 282 Å². The molecule has 63 heavy (non-hydrogen) atoms. The van der Waals surface area contributed by atoms with Crippen molar-refractivity contribution in [3.05, 3.63) is 30.3 Å². The number of ether oxygens (including phenoxy) is 1. The number of rotatable bonds is 46. The third-order valence-electron chi connectivity index (χ3n) is 14.5. The Kier molecular flexibility index (Phi) is 32.9. The van der Waals surface area contributed by atoms with E-state index in [1.807, 2.05) is 37.4 Å². The van der Waals surface area contributed by atoms with Crippen molar-refractivity contribution in [3.63, 3.8) is 0 Å². The molecule has 1 aliphatic carbocycles. The van der Waals surface area contributed by atoms with Crippen LogP contribution in [-0.4, -0.2) is 47.6 Å². The first kappa shape index (κ1) is 55.5. The molecule has 4 atom stereocenters. The summed E-state index contributed by atoms with van der Waals surface area (Å²) < 4.78 is 33.1. The number of unbranched alkanes of at least 4 members (excludes halogenated alkanes) is 32. The molecule has 0 amide bonds. The highest BCUT2D eigenvalue weighted by molar-refractivity contribution is 7.91. The molecule has 1 heterocycles. The summed E-state index contributed by atoms with van der Waals surface area (Å²) in [6.07, 6.45) is 55.4. The van der Waals surface area contributed by atoms with E-state index < -0.39 is 9.84 Å². The summed E-state index contributed by atoms with van der Waals surface area (Å²) in [5.74, 6) is 2.75. The minimum Gasteiger partial charge on any atom is -0.381 e. The third-order valence-corrected chi connectivity index (χ3v) is 16.2. The van der Waals surface area contributed by atoms with Gasteiger partial charge in [0, 0.05) is 7.11 Å². The van der Waals surface area contributed by atoms with E-state index >= 15 is 0 Å². The molecular formula is C55H100N4O3S. The van der Waals surface area contributed by atoms with E-state index in [9.17, 15) is 8.42 Å². The molecule has 7 nitrogen and oxygen atoms in total. The topological polar surface area (TPSA) is 87.0 Å². The first-order chi connectivity index (χ1) is 31.0. The Morgan fingerprint density at radius 1 is 0.556 bits per heavy atom. The fraction of sp³-hybridized carbons (Fsp3) is 0.873. The van der Waals surface area contributed by atoms with Gasteiger partial charge in [0.25, 0.3) is 5.16 Å². The van der Waals surface area contributed by atoms with Crippen LogP contribution in [0, 0.1) is 17.8 Å². The number of nitrogens with zero attached hydrogens (tertiary/aromatic N) is 4. The van der Waals surface area contributed by atoms with Crippen LogP contribution in [0.4, 0.5) is 0 Å². The van der Waals surface area contributed by atoms with E-state index in [0.29, 0.717) is 24.1 Å². The van der Waals surface area contributed by atoms with Crippen LogP contribution in [0.3, 0.4) is 0 Å². The predicted octanol–water partition coefficient (Wildman–Crippen LogP) is 17.0. The number of tetrazole rings is 1. The van der Waals surface area contributed by atoms with Gasteiger partial charge in [-0.2, -0.15) is 4.68 Å². The first-order valence-electron chi connectivity index (χ1n) is 27.6. The minimum atomic E-state index is -3.51. The number of sulfone groups is 1. The highest BCUT2D eigenvalue weighted by atomic mass is 32.2. The lowest BCUT2D eigenvalue weighted by Crippen LogP contribution is -2.20. The van der Waals surface area contributed by atoms with E-state index in [0.717, 1.165) is 24.7 Å². The number of benzene rings is 1. The summed E-state index contributed by atoms with van der Waals surface area (Å²) in [4.78, 5) is 0. The van der Waals surface area contributed by atoms with E-state index in [2.05, 4.69) is 29.4 Å². The fourth-order valence-corrected chi connectivity index (χ4v) is 11.5. The molecule has 0 aliphatic heterocycles. The summed E-state index contributed by atoms with van der Waals surface area (Å²) in [6, 6.07) is 9.21. The van der Waals surface area contributed by atoms with Crippen molar-refractivity contribution in [2.75, 3.05) is 12.9 Å². The van der Waals surface area contributed by atoms with Gasteiger partial charge < -0.3 is 4.74 Å².